The van der Waals surface area contributed by atoms with Gasteiger partial charge < -0.3 is 9.47 Å². The van der Waals surface area contributed by atoms with Gasteiger partial charge in [-0.25, -0.2) is 4.98 Å². The van der Waals surface area contributed by atoms with Crippen LogP contribution in [-0.4, -0.2) is 50.9 Å². The maximum atomic E-state index is 12.8. The van der Waals surface area contributed by atoms with E-state index < -0.39 is 0 Å². The molecule has 3 heterocycles. The Morgan fingerprint density at radius 2 is 2.11 bits per heavy atom. The zero-order valence-corrected chi connectivity index (χ0v) is 16.6. The summed E-state index contributed by atoms with van der Waals surface area (Å²) in [6, 6.07) is 0.718. The van der Waals surface area contributed by atoms with Gasteiger partial charge in [0.25, 0.3) is 5.56 Å². The molecule has 0 spiro atoms. The van der Waals surface area contributed by atoms with Crippen LogP contribution in [0.5, 0.6) is 0 Å². The summed E-state index contributed by atoms with van der Waals surface area (Å²) < 4.78 is 3.74. The van der Waals surface area contributed by atoms with Crippen molar-refractivity contribution >= 4 is 5.82 Å². The van der Waals surface area contributed by atoms with Crippen LogP contribution in [0.25, 0.3) is 0 Å². The van der Waals surface area contributed by atoms with E-state index in [1.165, 1.54) is 12.0 Å². The van der Waals surface area contributed by atoms with Gasteiger partial charge >= 0.3 is 0 Å². The summed E-state index contributed by atoms with van der Waals surface area (Å²) in [5, 5.41) is 4.40. The van der Waals surface area contributed by atoms with Crippen molar-refractivity contribution in [1.82, 2.24) is 24.2 Å². The maximum absolute atomic E-state index is 12.8. The van der Waals surface area contributed by atoms with Crippen LogP contribution in [0.2, 0.25) is 0 Å². The molecule has 2 atom stereocenters. The molecule has 0 N–H and O–H groups in total. The first kappa shape index (κ1) is 18.2. The van der Waals surface area contributed by atoms with Crippen molar-refractivity contribution < 1.29 is 0 Å². The number of piperidine rings is 1. The van der Waals surface area contributed by atoms with Crippen molar-refractivity contribution in [2.45, 2.75) is 44.7 Å². The molecule has 0 radical (unpaired) electrons. The third-order valence-electron chi connectivity index (χ3n) is 5.99. The zero-order chi connectivity index (χ0) is 19.0. The maximum Gasteiger partial charge on any atom is 0.293 e. The summed E-state index contributed by atoms with van der Waals surface area (Å²) >= 11 is 0. The smallest absolute Gasteiger partial charge is 0.293 e. The minimum Gasteiger partial charge on any atom is -0.355 e. The lowest BCUT2D eigenvalue weighted by molar-refractivity contribution is 0.101. The van der Waals surface area contributed by atoms with Crippen LogP contribution < -0.4 is 10.5 Å². The standard InChI is InChI=1S/C20H30N6O/c1-4-25-10-5-6-15(18(25)16-12-22-24(3)14-16)13-23(2)19-20(27)26(11-9-21-19)17-7-8-17/h9,11-12,14-15,17-18H,4-8,10,13H2,1-3H3/t15-,18+/m0/s1. The van der Waals surface area contributed by atoms with Crippen molar-refractivity contribution in [2.24, 2.45) is 13.0 Å². The molecule has 27 heavy (non-hydrogen) atoms. The van der Waals surface area contributed by atoms with Crippen molar-refractivity contribution in [3.05, 3.63) is 40.7 Å². The van der Waals surface area contributed by atoms with E-state index in [4.69, 9.17) is 0 Å². The predicted molar refractivity (Wildman–Crippen MR) is 106 cm³/mol. The Hall–Kier alpha value is -2.15. The summed E-state index contributed by atoms with van der Waals surface area (Å²) in [5.74, 6) is 1.02. The molecule has 1 saturated heterocycles. The zero-order valence-electron chi connectivity index (χ0n) is 16.6. The highest BCUT2D eigenvalue weighted by molar-refractivity contribution is 5.35. The Morgan fingerprint density at radius 3 is 2.78 bits per heavy atom. The molecule has 0 amide bonds. The van der Waals surface area contributed by atoms with E-state index in [0.717, 1.165) is 38.9 Å². The second-order valence-electron chi connectivity index (χ2n) is 8.00. The SMILES string of the molecule is CCN1CCC[C@@H](CN(C)c2nccn(C3CC3)c2=O)[C@@H]1c1cnn(C)c1. The van der Waals surface area contributed by atoms with Gasteiger partial charge in [-0.05, 0) is 44.7 Å². The first-order valence-corrected chi connectivity index (χ1v) is 10.1. The highest BCUT2D eigenvalue weighted by Crippen LogP contribution is 2.37. The topological polar surface area (TPSA) is 59.2 Å². The lowest BCUT2D eigenvalue weighted by Gasteiger charge is -2.42. The lowest BCUT2D eigenvalue weighted by atomic mass is 9.85. The van der Waals surface area contributed by atoms with Gasteiger partial charge in [0.2, 0.25) is 0 Å². The highest BCUT2D eigenvalue weighted by Gasteiger charge is 2.34. The molecule has 4 rings (SSSR count). The molecule has 1 saturated carbocycles. The Bertz CT molecular complexity index is 839. The predicted octanol–water partition coefficient (Wildman–Crippen LogP) is 2.22. The summed E-state index contributed by atoms with van der Waals surface area (Å²) in [4.78, 5) is 21.9. The lowest BCUT2D eigenvalue weighted by Crippen LogP contribution is -2.44. The van der Waals surface area contributed by atoms with Crippen molar-refractivity contribution in [2.75, 3.05) is 31.6 Å². The first-order chi connectivity index (χ1) is 13.1. The molecule has 2 aromatic heterocycles. The number of rotatable bonds is 6. The van der Waals surface area contributed by atoms with Gasteiger partial charge in [-0.15, -0.1) is 0 Å². The molecule has 0 aromatic carbocycles. The molecular formula is C20H30N6O. The van der Waals surface area contributed by atoms with E-state index in [0.29, 0.717) is 23.8 Å². The normalized spacial score (nSPS) is 23.5. The third-order valence-corrected chi connectivity index (χ3v) is 5.99. The molecule has 2 fully saturated rings. The quantitative estimate of drug-likeness (QED) is 0.780. The number of anilines is 1. The Balaban J connectivity index is 1.58. The van der Waals surface area contributed by atoms with Gasteiger partial charge in [-0.3, -0.25) is 14.4 Å². The minimum atomic E-state index is 0.0450. The molecule has 1 aliphatic heterocycles. The number of hydrogen-bond donors (Lipinski definition) is 0. The van der Waals surface area contributed by atoms with Crippen LogP contribution in [0.4, 0.5) is 5.82 Å². The van der Waals surface area contributed by atoms with E-state index in [9.17, 15) is 4.79 Å². The van der Waals surface area contributed by atoms with Gasteiger partial charge in [-0.1, -0.05) is 6.92 Å². The molecule has 146 valence electrons. The molecular weight excluding hydrogens is 340 g/mol. The van der Waals surface area contributed by atoms with Crippen molar-refractivity contribution in [3.8, 4) is 0 Å². The fourth-order valence-corrected chi connectivity index (χ4v) is 4.53. The summed E-state index contributed by atoms with van der Waals surface area (Å²) in [6.07, 6.45) is 12.3. The first-order valence-electron chi connectivity index (χ1n) is 10.1. The molecule has 7 nitrogen and oxygen atoms in total. The van der Waals surface area contributed by atoms with E-state index in [-0.39, 0.29) is 5.56 Å². The number of aromatic nitrogens is 4. The Kier molecular flexibility index (Phi) is 5.04. The second-order valence-corrected chi connectivity index (χ2v) is 8.00. The van der Waals surface area contributed by atoms with Crippen LogP contribution in [0, 0.1) is 5.92 Å². The van der Waals surface area contributed by atoms with Gasteiger partial charge in [-0.2, -0.15) is 5.10 Å². The van der Waals surface area contributed by atoms with Gasteiger partial charge in [0.15, 0.2) is 5.82 Å². The number of aryl methyl sites for hydroxylation is 1. The average molecular weight is 371 g/mol. The van der Waals surface area contributed by atoms with E-state index >= 15 is 0 Å². The fourth-order valence-electron chi connectivity index (χ4n) is 4.53. The number of likely N-dealkylation sites (tertiary alicyclic amines) is 1. The minimum absolute atomic E-state index is 0.0450. The average Bonchev–Trinajstić information content (AvgIpc) is 3.42. The van der Waals surface area contributed by atoms with Gasteiger partial charge in [0.05, 0.1) is 6.20 Å². The molecule has 0 bridgehead atoms. The van der Waals surface area contributed by atoms with Crippen LogP contribution in [-0.2, 0) is 7.05 Å². The van der Waals surface area contributed by atoms with E-state index in [2.05, 4.69) is 33.0 Å². The monoisotopic (exact) mass is 370 g/mol. The molecule has 2 aliphatic rings. The number of hydrogen-bond acceptors (Lipinski definition) is 5. The van der Waals surface area contributed by atoms with Crippen LogP contribution in [0.15, 0.2) is 29.6 Å². The van der Waals surface area contributed by atoms with E-state index in [1.807, 2.05) is 35.7 Å². The second kappa shape index (κ2) is 7.46. The van der Waals surface area contributed by atoms with Crippen LogP contribution in [0.1, 0.15) is 50.3 Å². The highest BCUT2D eigenvalue weighted by atomic mass is 16.1. The molecule has 2 aromatic rings. The van der Waals surface area contributed by atoms with E-state index in [1.54, 1.807) is 6.20 Å². The van der Waals surface area contributed by atoms with Gasteiger partial charge in [0, 0.05) is 56.9 Å². The van der Waals surface area contributed by atoms with Crippen LogP contribution in [0.3, 0.4) is 0 Å². The Labute approximate surface area is 160 Å². The summed E-state index contributed by atoms with van der Waals surface area (Å²) in [5.41, 5.74) is 1.32. The Morgan fingerprint density at radius 1 is 1.30 bits per heavy atom. The van der Waals surface area contributed by atoms with Crippen LogP contribution >= 0.6 is 0 Å². The van der Waals surface area contributed by atoms with Crippen molar-refractivity contribution in [1.29, 1.82) is 0 Å². The molecule has 0 unspecified atom stereocenters. The molecule has 7 heteroatoms. The fraction of sp³-hybridized carbons (Fsp3) is 0.650. The number of nitrogens with zero attached hydrogens (tertiary/aromatic N) is 6. The summed E-state index contributed by atoms with van der Waals surface area (Å²) in [6.45, 7) is 5.20. The molecule has 1 aliphatic carbocycles. The summed E-state index contributed by atoms with van der Waals surface area (Å²) in [7, 11) is 3.98. The largest absolute Gasteiger partial charge is 0.355 e. The van der Waals surface area contributed by atoms with Gasteiger partial charge in [0.1, 0.15) is 0 Å². The van der Waals surface area contributed by atoms with Crippen molar-refractivity contribution in [3.63, 3.8) is 0 Å². The third kappa shape index (κ3) is 3.65.